The van der Waals surface area contributed by atoms with Gasteiger partial charge in [0.05, 0.1) is 0 Å². The molecule has 9 rings (SSSR count). The van der Waals surface area contributed by atoms with Crippen LogP contribution in [0.1, 0.15) is 11.1 Å². The first kappa shape index (κ1) is 24.3. The average molecular weight is 543 g/mol. The molecule has 0 heterocycles. The van der Waals surface area contributed by atoms with Crippen molar-refractivity contribution in [3.8, 4) is 33.4 Å². The Hall–Kier alpha value is -5.34. The van der Waals surface area contributed by atoms with E-state index in [0.29, 0.717) is 0 Å². The van der Waals surface area contributed by atoms with Crippen LogP contribution in [-0.2, 0) is 6.42 Å². The first-order valence-corrected chi connectivity index (χ1v) is 14.8. The quantitative estimate of drug-likeness (QED) is 0.131. The van der Waals surface area contributed by atoms with Crippen molar-refractivity contribution in [3.63, 3.8) is 0 Å². The lowest BCUT2D eigenvalue weighted by molar-refractivity contribution is 1.26. The second kappa shape index (κ2) is 9.08. The Morgan fingerprint density at radius 3 is 1.19 bits per heavy atom. The number of nitrogen functional groups attached to an aromatic ring is 1. The average Bonchev–Trinajstić information content (AvgIpc) is 3.42. The molecule has 0 amide bonds. The van der Waals surface area contributed by atoms with Crippen molar-refractivity contribution in [1.29, 1.82) is 0 Å². The topological polar surface area (TPSA) is 26.0 Å². The molecule has 0 aliphatic heterocycles. The van der Waals surface area contributed by atoms with Crippen LogP contribution in [0.5, 0.6) is 0 Å². The Bertz CT molecular complexity index is 2170. The summed E-state index contributed by atoms with van der Waals surface area (Å²) in [7, 11) is 6.68. The Morgan fingerprint density at radius 1 is 0.419 bits per heavy atom. The molecule has 0 spiro atoms. The molecule has 0 saturated heterocycles. The molecule has 8 aromatic carbocycles. The van der Waals surface area contributed by atoms with E-state index in [9.17, 15) is 0 Å². The van der Waals surface area contributed by atoms with Gasteiger partial charge in [-0.2, -0.15) is 0 Å². The van der Waals surface area contributed by atoms with Crippen LogP contribution in [0.2, 0.25) is 0 Å². The van der Waals surface area contributed by atoms with Gasteiger partial charge in [0, 0.05) is 16.5 Å². The summed E-state index contributed by atoms with van der Waals surface area (Å²) in [5, 5.41) is 9.19. The molecule has 2 radical (unpaired) electrons. The highest BCUT2D eigenvalue weighted by atomic mass is 14.6. The third kappa shape index (κ3) is 3.47. The monoisotopic (exact) mass is 543 g/mol. The van der Waals surface area contributed by atoms with Gasteiger partial charge >= 0.3 is 0 Å². The minimum Gasteiger partial charge on any atom is -0.398 e. The van der Waals surface area contributed by atoms with Crippen molar-refractivity contribution in [2.45, 2.75) is 6.42 Å². The maximum Gasteiger partial charge on any atom is 0.115 e. The molecule has 0 unspecified atom stereocenters. The number of hydrogen-bond acceptors (Lipinski definition) is 1. The Balaban J connectivity index is 1.21. The van der Waals surface area contributed by atoms with Gasteiger partial charge in [0.1, 0.15) is 7.85 Å². The van der Waals surface area contributed by atoms with Gasteiger partial charge in [0.25, 0.3) is 0 Å². The highest BCUT2D eigenvalue weighted by Gasteiger charge is 2.22. The second-order valence-electron chi connectivity index (χ2n) is 11.7. The minimum atomic E-state index is 0.846. The van der Waals surface area contributed by atoms with Gasteiger partial charge in [0.2, 0.25) is 0 Å². The summed E-state index contributed by atoms with van der Waals surface area (Å²) >= 11 is 0. The van der Waals surface area contributed by atoms with E-state index in [0.717, 1.165) is 39.1 Å². The molecular formula is C41H26BN. The molecule has 0 atom stereocenters. The number of rotatable bonds is 2. The molecule has 1 aliphatic rings. The molecule has 0 bridgehead atoms. The normalized spacial score (nSPS) is 12.3. The van der Waals surface area contributed by atoms with Gasteiger partial charge in [-0.3, -0.25) is 0 Å². The summed E-state index contributed by atoms with van der Waals surface area (Å²) in [5.41, 5.74) is 18.7. The summed E-state index contributed by atoms with van der Waals surface area (Å²) in [5.74, 6) is 0. The van der Waals surface area contributed by atoms with Crippen LogP contribution in [0.4, 0.5) is 5.69 Å². The first-order chi connectivity index (χ1) is 21.2. The number of fused-ring (bicyclic) bond motifs is 7. The van der Waals surface area contributed by atoms with E-state index in [4.69, 9.17) is 13.6 Å². The molecule has 0 saturated carbocycles. The fourth-order valence-corrected chi connectivity index (χ4v) is 7.47. The van der Waals surface area contributed by atoms with Crippen LogP contribution in [0.15, 0.2) is 133 Å². The fraction of sp³-hybridized carbons (Fsp3) is 0.0244. The van der Waals surface area contributed by atoms with E-state index in [-0.39, 0.29) is 0 Å². The standard InChI is InChI=1S/C41H26BN/c42-40-34-13-5-1-9-30(34)38(31-10-2-6-14-35(31)40)24-17-19-28-26(21-24)23-27-22-25(18-20-29(27)28)39-32-11-3-7-15-36(32)41(43)37-16-8-4-12-33(37)39/h1-22H,23,43H2. The number of benzene rings is 8. The van der Waals surface area contributed by atoms with Gasteiger partial charge in [-0.05, 0) is 83.2 Å². The van der Waals surface area contributed by atoms with E-state index >= 15 is 0 Å². The molecule has 1 aliphatic carbocycles. The van der Waals surface area contributed by atoms with Crippen molar-refractivity contribution in [2.24, 2.45) is 0 Å². The van der Waals surface area contributed by atoms with Crippen LogP contribution in [0.3, 0.4) is 0 Å². The molecule has 1 nitrogen and oxygen atoms in total. The van der Waals surface area contributed by atoms with E-state index in [1.165, 1.54) is 66.1 Å². The van der Waals surface area contributed by atoms with Crippen molar-refractivity contribution < 1.29 is 0 Å². The number of nitrogens with two attached hydrogens (primary N) is 1. The first-order valence-electron chi connectivity index (χ1n) is 14.8. The van der Waals surface area contributed by atoms with Gasteiger partial charge in [-0.1, -0.05) is 139 Å². The van der Waals surface area contributed by atoms with E-state index in [2.05, 4.69) is 133 Å². The predicted molar refractivity (Wildman–Crippen MR) is 185 cm³/mol. The molecule has 8 aromatic rings. The van der Waals surface area contributed by atoms with Crippen molar-refractivity contribution in [3.05, 3.63) is 145 Å². The van der Waals surface area contributed by atoms with Gasteiger partial charge in [0.15, 0.2) is 0 Å². The van der Waals surface area contributed by atoms with Crippen LogP contribution in [0.25, 0.3) is 76.5 Å². The summed E-state index contributed by atoms with van der Waals surface area (Å²) in [6, 6.07) is 48.0. The van der Waals surface area contributed by atoms with E-state index in [1.54, 1.807) is 0 Å². The Labute approximate surface area is 251 Å². The predicted octanol–water partition coefficient (Wildman–Crippen LogP) is 9.58. The third-order valence-corrected chi connectivity index (χ3v) is 9.41. The van der Waals surface area contributed by atoms with Crippen LogP contribution in [-0.4, -0.2) is 7.85 Å². The summed E-state index contributed by atoms with van der Waals surface area (Å²) in [6.07, 6.45) is 0.905. The summed E-state index contributed by atoms with van der Waals surface area (Å²) in [6.45, 7) is 0. The van der Waals surface area contributed by atoms with Crippen molar-refractivity contribution in [1.82, 2.24) is 0 Å². The highest BCUT2D eigenvalue weighted by molar-refractivity contribution is 6.46. The van der Waals surface area contributed by atoms with Crippen molar-refractivity contribution in [2.75, 3.05) is 5.73 Å². The van der Waals surface area contributed by atoms with Crippen LogP contribution < -0.4 is 11.2 Å². The molecule has 2 N–H and O–H groups in total. The zero-order chi connectivity index (χ0) is 28.7. The lowest BCUT2D eigenvalue weighted by atomic mass is 9.81. The summed E-state index contributed by atoms with van der Waals surface area (Å²) in [4.78, 5) is 0. The zero-order valence-electron chi connectivity index (χ0n) is 23.6. The highest BCUT2D eigenvalue weighted by Crippen LogP contribution is 2.45. The van der Waals surface area contributed by atoms with Gasteiger partial charge in [-0.25, -0.2) is 0 Å². The fourth-order valence-electron chi connectivity index (χ4n) is 7.47. The molecule has 0 fully saturated rings. The van der Waals surface area contributed by atoms with Crippen LogP contribution in [0, 0.1) is 0 Å². The Morgan fingerprint density at radius 2 is 0.767 bits per heavy atom. The molecule has 0 aromatic heterocycles. The maximum absolute atomic E-state index is 6.68. The number of hydrogen-bond donors (Lipinski definition) is 1. The third-order valence-electron chi connectivity index (χ3n) is 9.41. The lowest BCUT2D eigenvalue weighted by Gasteiger charge is -2.16. The largest absolute Gasteiger partial charge is 0.398 e. The smallest absolute Gasteiger partial charge is 0.115 e. The van der Waals surface area contributed by atoms with E-state index in [1.807, 2.05) is 0 Å². The maximum atomic E-state index is 6.68. The molecule has 2 heteroatoms. The zero-order valence-corrected chi connectivity index (χ0v) is 23.6. The summed E-state index contributed by atoms with van der Waals surface area (Å²) < 4.78 is 0. The molecule has 198 valence electrons. The van der Waals surface area contributed by atoms with E-state index < -0.39 is 0 Å². The second-order valence-corrected chi connectivity index (χ2v) is 11.7. The minimum absolute atomic E-state index is 0.846. The van der Waals surface area contributed by atoms with Gasteiger partial charge < -0.3 is 5.73 Å². The number of anilines is 1. The molecule has 43 heavy (non-hydrogen) atoms. The SMILES string of the molecule is [B]c1c2ccccc2c(-c2ccc3c(c2)Cc2cc(-c4c5ccccc5c(N)c5ccccc45)ccc2-3)c2ccccc12. The van der Waals surface area contributed by atoms with Crippen LogP contribution >= 0.6 is 0 Å². The van der Waals surface area contributed by atoms with Crippen molar-refractivity contribution >= 4 is 62.1 Å². The Kier molecular flexibility index (Phi) is 5.13. The molecular weight excluding hydrogens is 517 g/mol. The van der Waals surface area contributed by atoms with Gasteiger partial charge in [-0.15, -0.1) is 0 Å². The lowest BCUT2D eigenvalue weighted by Crippen LogP contribution is -2.07.